The number of carbonyl (C=O) groups is 1. The number of rotatable bonds is 6. The molecule has 2 N–H and O–H groups in total. The minimum atomic E-state index is -0.0906. The van der Waals surface area contributed by atoms with Crippen LogP contribution >= 0.6 is 11.6 Å². The molecule has 3 heterocycles. The zero-order chi connectivity index (χ0) is 27.4. The number of methoxy groups -OCH3 is 1. The highest BCUT2D eigenvalue weighted by atomic mass is 35.5. The number of benzene rings is 3. The number of nitrogens with zero attached hydrogens (tertiary/aromatic N) is 1. The zero-order valence-corrected chi connectivity index (χ0v) is 23.6. The van der Waals surface area contributed by atoms with E-state index in [1.165, 1.54) is 5.56 Å². The van der Waals surface area contributed by atoms with Crippen LogP contribution in [-0.2, 0) is 6.61 Å². The van der Waals surface area contributed by atoms with Crippen LogP contribution in [0, 0.1) is 27.7 Å². The standard InChI is InChI=1S/C32H32ClN3O3/c1-17-6-8-21(9-7-17)16-39-27-13-26-28(24-11-19(3)34-30(24)27)23(14-33)15-36(26)32(37)25-12-22-10-18(2)31(38-5)20(4)29(22)35-25/h6-13,23,34-35H,14-16H2,1-5H3/t23-/m1/s1. The predicted molar refractivity (Wildman–Crippen MR) is 158 cm³/mol. The van der Waals surface area contributed by atoms with Crippen LogP contribution < -0.4 is 14.4 Å². The SMILES string of the molecule is COc1c(C)cc2cc(C(=O)N3C[C@@H](CCl)c4c3cc(OCc3ccc(C)cc3)c3[nH]c(C)cc43)[nH]c2c1C. The summed E-state index contributed by atoms with van der Waals surface area (Å²) in [5.41, 5.74) is 9.67. The summed E-state index contributed by atoms with van der Waals surface area (Å²) in [5.74, 6) is 1.90. The molecule has 200 valence electrons. The molecule has 0 saturated carbocycles. The van der Waals surface area contributed by atoms with E-state index in [9.17, 15) is 4.79 Å². The van der Waals surface area contributed by atoms with Crippen molar-refractivity contribution in [2.75, 3.05) is 24.4 Å². The first-order valence-corrected chi connectivity index (χ1v) is 13.7. The molecule has 5 aromatic rings. The Labute approximate surface area is 232 Å². The Morgan fingerprint density at radius 1 is 1.03 bits per heavy atom. The van der Waals surface area contributed by atoms with Crippen LogP contribution in [0.1, 0.15) is 49.9 Å². The van der Waals surface area contributed by atoms with Crippen LogP contribution in [0.4, 0.5) is 5.69 Å². The van der Waals surface area contributed by atoms with Crippen LogP contribution in [0.5, 0.6) is 11.5 Å². The second-order valence-electron chi connectivity index (χ2n) is 10.6. The molecule has 2 aromatic heterocycles. The Morgan fingerprint density at radius 2 is 1.79 bits per heavy atom. The topological polar surface area (TPSA) is 70.3 Å². The minimum absolute atomic E-state index is 0.0166. The van der Waals surface area contributed by atoms with Gasteiger partial charge in [-0.15, -0.1) is 11.6 Å². The van der Waals surface area contributed by atoms with Crippen molar-refractivity contribution < 1.29 is 14.3 Å². The normalized spacial score (nSPS) is 14.8. The van der Waals surface area contributed by atoms with Crippen molar-refractivity contribution in [2.45, 2.75) is 40.2 Å². The molecule has 0 aliphatic carbocycles. The van der Waals surface area contributed by atoms with Crippen LogP contribution in [-0.4, -0.2) is 35.4 Å². The molecule has 0 unspecified atom stereocenters. The maximum Gasteiger partial charge on any atom is 0.274 e. The van der Waals surface area contributed by atoms with Crippen LogP contribution in [0.2, 0.25) is 0 Å². The molecule has 7 heteroatoms. The molecule has 6 nitrogen and oxygen atoms in total. The number of anilines is 1. The molecule has 0 spiro atoms. The van der Waals surface area contributed by atoms with Gasteiger partial charge >= 0.3 is 0 Å². The highest BCUT2D eigenvalue weighted by Crippen LogP contribution is 2.46. The average molecular weight is 542 g/mol. The Kier molecular flexibility index (Phi) is 6.31. The lowest BCUT2D eigenvalue weighted by atomic mass is 9.98. The summed E-state index contributed by atoms with van der Waals surface area (Å²) in [7, 11) is 1.67. The predicted octanol–water partition coefficient (Wildman–Crippen LogP) is 7.45. The van der Waals surface area contributed by atoms with Crippen molar-refractivity contribution in [1.82, 2.24) is 9.97 Å². The number of halogens is 1. The quantitative estimate of drug-likeness (QED) is 0.219. The number of ether oxygens (including phenoxy) is 2. The lowest BCUT2D eigenvalue weighted by molar-refractivity contribution is 0.0984. The molecule has 3 aromatic carbocycles. The van der Waals surface area contributed by atoms with E-state index in [0.717, 1.165) is 66.9 Å². The lowest BCUT2D eigenvalue weighted by Gasteiger charge is -2.18. The first kappa shape index (κ1) is 25.4. The smallest absolute Gasteiger partial charge is 0.274 e. The van der Waals surface area contributed by atoms with Crippen molar-refractivity contribution in [2.24, 2.45) is 0 Å². The van der Waals surface area contributed by atoms with E-state index in [0.29, 0.717) is 24.7 Å². The zero-order valence-electron chi connectivity index (χ0n) is 22.9. The molecule has 1 amide bonds. The second kappa shape index (κ2) is 9.69. The second-order valence-corrected chi connectivity index (χ2v) is 10.9. The number of aromatic nitrogens is 2. The van der Waals surface area contributed by atoms with Gasteiger partial charge in [-0.05, 0) is 62.6 Å². The number of nitrogens with one attached hydrogen (secondary N) is 2. The molecule has 39 heavy (non-hydrogen) atoms. The van der Waals surface area contributed by atoms with E-state index in [1.54, 1.807) is 7.11 Å². The van der Waals surface area contributed by atoms with Crippen molar-refractivity contribution in [3.8, 4) is 11.5 Å². The van der Waals surface area contributed by atoms with E-state index < -0.39 is 0 Å². The van der Waals surface area contributed by atoms with Gasteiger partial charge in [0.25, 0.3) is 5.91 Å². The molecular weight excluding hydrogens is 510 g/mol. The highest BCUT2D eigenvalue weighted by molar-refractivity contribution is 6.19. The van der Waals surface area contributed by atoms with E-state index in [2.05, 4.69) is 53.3 Å². The maximum atomic E-state index is 14.0. The molecule has 1 aliphatic heterocycles. The first-order valence-electron chi connectivity index (χ1n) is 13.2. The molecular formula is C32H32ClN3O3. The van der Waals surface area contributed by atoms with Crippen LogP contribution in [0.15, 0.2) is 48.5 Å². The van der Waals surface area contributed by atoms with Crippen molar-refractivity contribution in [3.63, 3.8) is 0 Å². The minimum Gasteiger partial charge on any atom is -0.496 e. The largest absolute Gasteiger partial charge is 0.496 e. The fraction of sp³-hybridized carbons (Fsp3) is 0.281. The Balaban J connectivity index is 1.42. The average Bonchev–Trinajstić information content (AvgIpc) is 3.62. The molecule has 6 rings (SSSR count). The van der Waals surface area contributed by atoms with Gasteiger partial charge < -0.3 is 24.3 Å². The Bertz CT molecular complexity index is 1730. The van der Waals surface area contributed by atoms with Gasteiger partial charge in [0.1, 0.15) is 23.8 Å². The summed E-state index contributed by atoms with van der Waals surface area (Å²) in [6.07, 6.45) is 0. The fourth-order valence-electron chi connectivity index (χ4n) is 5.93. The van der Waals surface area contributed by atoms with Crippen LogP contribution in [0.3, 0.4) is 0 Å². The Morgan fingerprint density at radius 3 is 2.51 bits per heavy atom. The van der Waals surface area contributed by atoms with E-state index in [1.807, 2.05) is 37.8 Å². The van der Waals surface area contributed by atoms with E-state index in [-0.39, 0.29) is 11.8 Å². The summed E-state index contributed by atoms with van der Waals surface area (Å²) in [6.45, 7) is 9.07. The number of hydrogen-bond acceptors (Lipinski definition) is 3. The van der Waals surface area contributed by atoms with E-state index in [4.69, 9.17) is 21.1 Å². The summed E-state index contributed by atoms with van der Waals surface area (Å²) in [4.78, 5) is 22.7. The van der Waals surface area contributed by atoms with Gasteiger partial charge in [0, 0.05) is 46.4 Å². The molecule has 1 aliphatic rings. The molecule has 0 radical (unpaired) electrons. The number of fused-ring (bicyclic) bond motifs is 4. The number of carbonyl (C=O) groups excluding carboxylic acids is 1. The van der Waals surface area contributed by atoms with E-state index >= 15 is 0 Å². The van der Waals surface area contributed by atoms with Gasteiger partial charge in [-0.25, -0.2) is 0 Å². The third-order valence-corrected chi connectivity index (χ3v) is 8.18. The van der Waals surface area contributed by atoms with Crippen molar-refractivity contribution in [3.05, 3.63) is 87.7 Å². The van der Waals surface area contributed by atoms with Gasteiger partial charge in [-0.1, -0.05) is 29.8 Å². The number of aromatic amines is 2. The summed E-state index contributed by atoms with van der Waals surface area (Å²) in [6, 6.07) is 16.4. The van der Waals surface area contributed by atoms with Gasteiger partial charge in [-0.3, -0.25) is 4.79 Å². The maximum absolute atomic E-state index is 14.0. The van der Waals surface area contributed by atoms with Crippen molar-refractivity contribution >= 4 is 45.0 Å². The molecule has 0 bridgehead atoms. The number of alkyl halides is 1. The number of amides is 1. The first-order chi connectivity index (χ1) is 18.8. The molecule has 0 fully saturated rings. The number of H-pyrrole nitrogens is 2. The number of hydrogen-bond donors (Lipinski definition) is 2. The van der Waals surface area contributed by atoms with Gasteiger partial charge in [0.05, 0.1) is 23.8 Å². The molecule has 0 saturated heterocycles. The van der Waals surface area contributed by atoms with Gasteiger partial charge in [0.15, 0.2) is 0 Å². The third-order valence-electron chi connectivity index (χ3n) is 7.81. The Hall–Kier alpha value is -3.90. The van der Waals surface area contributed by atoms with Gasteiger partial charge in [-0.2, -0.15) is 0 Å². The highest BCUT2D eigenvalue weighted by Gasteiger charge is 2.36. The third kappa shape index (κ3) is 4.23. The summed E-state index contributed by atoms with van der Waals surface area (Å²) in [5, 5.41) is 2.04. The van der Waals surface area contributed by atoms with Gasteiger partial charge in [0.2, 0.25) is 0 Å². The van der Waals surface area contributed by atoms with Crippen LogP contribution in [0.25, 0.3) is 21.8 Å². The summed E-state index contributed by atoms with van der Waals surface area (Å²) < 4.78 is 12.0. The number of aryl methyl sites for hydroxylation is 4. The monoisotopic (exact) mass is 541 g/mol. The van der Waals surface area contributed by atoms with Crippen molar-refractivity contribution in [1.29, 1.82) is 0 Å². The lowest BCUT2D eigenvalue weighted by Crippen LogP contribution is -2.30. The summed E-state index contributed by atoms with van der Waals surface area (Å²) >= 11 is 6.49. The fourth-order valence-corrected chi connectivity index (χ4v) is 6.18. The molecule has 1 atom stereocenters.